The van der Waals surface area contributed by atoms with Gasteiger partial charge in [-0.3, -0.25) is 24.3 Å². The number of carbonyl (C=O) groups is 2. The number of carbonyl (C=O) groups excluding carboxylic acids is 2. The molecular formula is C61H111N3O6. The summed E-state index contributed by atoms with van der Waals surface area (Å²) in [6.45, 7) is 43.1. The number of aromatic hydroxyl groups is 1. The van der Waals surface area contributed by atoms with Gasteiger partial charge >= 0.3 is 11.9 Å². The molecule has 0 aliphatic carbocycles. The minimum Gasteiger partial charge on any atom is -0.507 e. The Bertz CT molecular complexity index is 1730. The first-order valence-electron chi connectivity index (χ1n) is 28.0. The summed E-state index contributed by atoms with van der Waals surface area (Å²) in [6.07, 6.45) is 18.4. The lowest BCUT2D eigenvalue weighted by molar-refractivity contribution is -0.164. The van der Waals surface area contributed by atoms with E-state index in [1.54, 1.807) is 0 Å². The molecule has 1 N–H and O–H groups in total. The van der Waals surface area contributed by atoms with E-state index in [4.69, 9.17) is 14.2 Å². The molecular weight excluding hydrogens is 871 g/mol. The molecule has 3 fully saturated rings. The van der Waals surface area contributed by atoms with Crippen molar-refractivity contribution in [3.63, 3.8) is 0 Å². The number of phenolic OH excluding ortho intramolecular Hbond substituents is 1. The van der Waals surface area contributed by atoms with Crippen LogP contribution in [0.3, 0.4) is 0 Å². The number of esters is 2. The number of piperidine rings is 3. The van der Waals surface area contributed by atoms with Crippen molar-refractivity contribution in [2.24, 2.45) is 5.92 Å². The molecule has 3 aliphatic rings. The molecule has 1 atom stereocenters. The molecule has 3 aliphatic heterocycles. The maximum atomic E-state index is 13.6. The van der Waals surface area contributed by atoms with E-state index in [9.17, 15) is 14.7 Å². The largest absolute Gasteiger partial charge is 0.507 e. The van der Waals surface area contributed by atoms with Crippen molar-refractivity contribution in [3.8, 4) is 5.75 Å². The van der Waals surface area contributed by atoms with Crippen LogP contribution in [0.15, 0.2) is 12.1 Å². The number of likely N-dealkylation sites (tertiary alicyclic amines) is 3. The van der Waals surface area contributed by atoms with Crippen molar-refractivity contribution in [3.05, 3.63) is 28.8 Å². The summed E-state index contributed by atoms with van der Waals surface area (Å²) < 4.78 is 18.4. The van der Waals surface area contributed by atoms with Crippen LogP contribution in [0.1, 0.15) is 257 Å². The van der Waals surface area contributed by atoms with Crippen molar-refractivity contribution < 1.29 is 28.9 Å². The Kier molecular flexibility index (Phi) is 21.7. The van der Waals surface area contributed by atoms with E-state index in [0.29, 0.717) is 24.7 Å². The first-order chi connectivity index (χ1) is 31.9. The van der Waals surface area contributed by atoms with Crippen LogP contribution < -0.4 is 0 Å². The van der Waals surface area contributed by atoms with E-state index in [0.717, 1.165) is 100 Å². The average molecular weight is 983 g/mol. The molecule has 3 saturated heterocycles. The molecule has 1 unspecified atom stereocenters. The van der Waals surface area contributed by atoms with E-state index in [2.05, 4.69) is 180 Å². The molecule has 9 heteroatoms. The average Bonchev–Trinajstić information content (AvgIpc) is 3.19. The number of rotatable bonds is 19. The van der Waals surface area contributed by atoms with Crippen molar-refractivity contribution in [1.29, 1.82) is 0 Å². The molecule has 0 saturated carbocycles. The third-order valence-electron chi connectivity index (χ3n) is 17.3. The van der Waals surface area contributed by atoms with Crippen LogP contribution in [0, 0.1) is 5.92 Å². The van der Waals surface area contributed by atoms with E-state index < -0.39 is 0 Å². The maximum absolute atomic E-state index is 13.6. The zero-order chi connectivity index (χ0) is 53.5. The van der Waals surface area contributed by atoms with Crippen LogP contribution in [0.2, 0.25) is 0 Å². The zero-order valence-corrected chi connectivity index (χ0v) is 49.7. The third kappa shape index (κ3) is 17.7. The van der Waals surface area contributed by atoms with Gasteiger partial charge in [0.25, 0.3) is 0 Å². The first kappa shape index (κ1) is 62.1. The van der Waals surface area contributed by atoms with Crippen molar-refractivity contribution in [2.45, 2.75) is 310 Å². The lowest BCUT2D eigenvalue weighted by Gasteiger charge is -2.53. The second kappa shape index (κ2) is 24.4. The standard InChI is InChI=1S/C31H53NO3.C30H58N2O3/c1-13-14-15-22(27(34)35-23-19-30(8,9)32(12)31(10,11)20-23)16-21-17-24(28(2,3)4)26(33)25(18-21)29(5,6)7;1-27(2)20-24(21-28(3,4)31(27)9)34-19-17-15-13-11-12-14-16-18-26(33)35-25-22-29(5,6)32(10)30(7,8)23-25/h17-18,22-23,33H,13-16,19-20H2,1-12H3;24-25H,11-23H2,1-10H3. The zero-order valence-electron chi connectivity index (χ0n) is 49.7. The minimum absolute atomic E-state index is 0.0106. The summed E-state index contributed by atoms with van der Waals surface area (Å²) in [4.78, 5) is 33.3. The second-order valence-electron chi connectivity index (χ2n) is 28.2. The molecule has 1 aromatic carbocycles. The Morgan fingerprint density at radius 3 is 1.31 bits per heavy atom. The normalized spacial score (nSPS) is 22.5. The predicted molar refractivity (Wildman–Crippen MR) is 294 cm³/mol. The second-order valence-corrected chi connectivity index (χ2v) is 28.2. The van der Waals surface area contributed by atoms with Gasteiger partial charge < -0.3 is 19.3 Å². The van der Waals surface area contributed by atoms with Gasteiger partial charge in [-0.15, -0.1) is 0 Å². The van der Waals surface area contributed by atoms with E-state index in [1.165, 1.54) is 25.7 Å². The summed E-state index contributed by atoms with van der Waals surface area (Å²) in [6, 6.07) is 4.22. The van der Waals surface area contributed by atoms with Crippen LogP contribution in [0.25, 0.3) is 0 Å². The number of phenols is 1. The molecule has 1 aromatic rings. The summed E-state index contributed by atoms with van der Waals surface area (Å²) >= 11 is 0. The number of nitrogens with zero attached hydrogens (tertiary/aromatic N) is 3. The van der Waals surface area contributed by atoms with Gasteiger partial charge in [-0.2, -0.15) is 0 Å². The van der Waals surface area contributed by atoms with Gasteiger partial charge in [0.05, 0.1) is 12.0 Å². The quantitative estimate of drug-likeness (QED) is 0.107. The predicted octanol–water partition coefficient (Wildman–Crippen LogP) is 14.5. The van der Waals surface area contributed by atoms with Crippen LogP contribution in [-0.2, 0) is 41.1 Å². The monoisotopic (exact) mass is 982 g/mol. The van der Waals surface area contributed by atoms with Crippen molar-refractivity contribution in [1.82, 2.24) is 14.7 Å². The molecule has 0 aromatic heterocycles. The molecule has 0 bridgehead atoms. The summed E-state index contributed by atoms with van der Waals surface area (Å²) in [7, 11) is 6.60. The van der Waals surface area contributed by atoms with Crippen LogP contribution >= 0.6 is 0 Å². The van der Waals surface area contributed by atoms with Gasteiger partial charge in [0.1, 0.15) is 18.0 Å². The Morgan fingerprint density at radius 1 is 0.571 bits per heavy atom. The molecule has 0 radical (unpaired) electrons. The number of hydrogen-bond acceptors (Lipinski definition) is 9. The lowest BCUT2D eigenvalue weighted by atomic mass is 9.77. The van der Waals surface area contributed by atoms with E-state index >= 15 is 0 Å². The highest BCUT2D eigenvalue weighted by Gasteiger charge is 2.47. The van der Waals surface area contributed by atoms with Gasteiger partial charge in [0, 0.05) is 71.9 Å². The van der Waals surface area contributed by atoms with E-state index in [1.807, 2.05) is 0 Å². The molecule has 0 spiro atoms. The Morgan fingerprint density at radius 2 is 0.929 bits per heavy atom. The molecule has 70 heavy (non-hydrogen) atoms. The molecule has 0 amide bonds. The SMILES string of the molecule is CCCCC(Cc1cc(C(C)(C)C)c(O)c(C(C)(C)C)c1)C(=O)OC1CC(C)(C)N(C)C(C)(C)C1.CN1C(C)(C)CC(OCCCCCCCCCC(=O)OC2CC(C)(C)N(C)C(C)(C)C2)CC1(C)C. The highest BCUT2D eigenvalue weighted by atomic mass is 16.5. The summed E-state index contributed by atoms with van der Waals surface area (Å²) in [5.74, 6) is 0.133. The van der Waals surface area contributed by atoms with Crippen LogP contribution in [0.4, 0.5) is 0 Å². The van der Waals surface area contributed by atoms with Gasteiger partial charge in [0.15, 0.2) is 0 Å². The topological polar surface area (TPSA) is 91.8 Å². The fourth-order valence-electron chi connectivity index (χ4n) is 12.1. The van der Waals surface area contributed by atoms with Crippen LogP contribution in [-0.4, -0.2) is 111 Å². The fourth-order valence-corrected chi connectivity index (χ4v) is 12.1. The van der Waals surface area contributed by atoms with Gasteiger partial charge in [-0.05, 0) is 170 Å². The Labute approximate surface area is 431 Å². The van der Waals surface area contributed by atoms with Gasteiger partial charge in [0.2, 0.25) is 0 Å². The molecule has 4 rings (SSSR count). The Balaban J connectivity index is 0.000000370. The highest BCUT2D eigenvalue weighted by Crippen LogP contribution is 2.43. The maximum Gasteiger partial charge on any atom is 0.309 e. The van der Waals surface area contributed by atoms with Gasteiger partial charge in [-0.1, -0.05) is 106 Å². The minimum atomic E-state index is -0.190. The lowest BCUT2D eigenvalue weighted by Crippen LogP contribution is -2.60. The van der Waals surface area contributed by atoms with Crippen LogP contribution in [0.5, 0.6) is 5.75 Å². The highest BCUT2D eigenvalue weighted by molar-refractivity contribution is 5.73. The number of benzene rings is 1. The van der Waals surface area contributed by atoms with Crippen molar-refractivity contribution in [2.75, 3.05) is 27.7 Å². The number of unbranched alkanes of at least 4 members (excludes halogenated alkanes) is 7. The van der Waals surface area contributed by atoms with E-state index in [-0.39, 0.29) is 74.1 Å². The molecule has 3 heterocycles. The fraction of sp³-hybridized carbons (Fsp3) is 0.869. The summed E-state index contributed by atoms with van der Waals surface area (Å²) in [5, 5.41) is 11.1. The first-order valence-corrected chi connectivity index (χ1v) is 28.0. The summed E-state index contributed by atoms with van der Waals surface area (Å²) in [5.41, 5.74) is 3.07. The van der Waals surface area contributed by atoms with Crippen molar-refractivity contribution >= 4 is 11.9 Å². The molecule has 406 valence electrons. The number of hydrogen-bond donors (Lipinski definition) is 1. The number of ether oxygens (including phenoxy) is 3. The molecule has 9 nitrogen and oxygen atoms in total. The third-order valence-corrected chi connectivity index (χ3v) is 17.3. The Hall–Kier alpha value is -2.20. The van der Waals surface area contributed by atoms with Gasteiger partial charge in [-0.25, -0.2) is 0 Å². The smallest absolute Gasteiger partial charge is 0.309 e.